The number of benzene rings is 2. The molecule has 4 aromatic rings. The zero-order chi connectivity index (χ0) is 25.0. The van der Waals surface area contributed by atoms with Crippen molar-refractivity contribution in [2.45, 2.75) is 17.0 Å². The van der Waals surface area contributed by atoms with Gasteiger partial charge in [-0.25, -0.2) is 13.1 Å². The molecule has 10 nitrogen and oxygen atoms in total. The predicted molar refractivity (Wildman–Crippen MR) is 129 cm³/mol. The van der Waals surface area contributed by atoms with E-state index < -0.39 is 15.9 Å². The molecule has 0 aliphatic rings. The Morgan fingerprint density at radius 1 is 1.00 bits per heavy atom. The van der Waals surface area contributed by atoms with Crippen LogP contribution in [0.25, 0.3) is 17.3 Å². The molecule has 0 saturated heterocycles. The molecule has 1 amide bonds. The molecule has 2 aromatic carbocycles. The van der Waals surface area contributed by atoms with Crippen LogP contribution in [0.1, 0.15) is 5.76 Å². The van der Waals surface area contributed by atoms with Gasteiger partial charge < -0.3 is 13.9 Å². The number of nitrogens with zero attached hydrogens (tertiary/aromatic N) is 3. The monoisotopic (exact) mass is 514 g/mol. The van der Waals surface area contributed by atoms with Gasteiger partial charge in [0, 0.05) is 0 Å². The second kappa shape index (κ2) is 10.2. The van der Waals surface area contributed by atoms with Crippen molar-refractivity contribution in [2.24, 2.45) is 0 Å². The summed E-state index contributed by atoms with van der Waals surface area (Å²) in [5, 5.41) is 8.80. The third-order valence-corrected chi connectivity index (χ3v) is 7.17. The van der Waals surface area contributed by atoms with E-state index in [1.165, 1.54) is 26.4 Å². The van der Waals surface area contributed by atoms with Gasteiger partial charge in [0.15, 0.2) is 10.9 Å². The standard InChI is InChI=1S/C23H22N4O6S2/c1-15-12-13-19(33-15)22-24-25-23(27(22)21-17(31-2)10-7-11-18(21)32-3)34-14-20(28)26-35(29,30)16-8-5-4-6-9-16/h4-13H,14H2,1-3H3,(H,26,28). The van der Waals surface area contributed by atoms with Gasteiger partial charge in [0.2, 0.25) is 11.7 Å². The molecule has 0 spiro atoms. The van der Waals surface area contributed by atoms with Crippen LogP contribution in [0.2, 0.25) is 0 Å². The number of carbonyl (C=O) groups excluding carboxylic acids is 1. The molecule has 0 fully saturated rings. The molecule has 4 rings (SSSR count). The lowest BCUT2D eigenvalue weighted by atomic mass is 10.2. The second-order valence-electron chi connectivity index (χ2n) is 7.19. The Morgan fingerprint density at radius 3 is 2.29 bits per heavy atom. The highest BCUT2D eigenvalue weighted by Gasteiger charge is 2.25. The number of aryl methyl sites for hydroxylation is 1. The van der Waals surface area contributed by atoms with Gasteiger partial charge in [-0.2, -0.15) is 0 Å². The lowest BCUT2D eigenvalue weighted by molar-refractivity contribution is -0.116. The summed E-state index contributed by atoms with van der Waals surface area (Å²) in [5.74, 6) is 1.50. The van der Waals surface area contributed by atoms with Crippen LogP contribution >= 0.6 is 11.8 Å². The van der Waals surface area contributed by atoms with Gasteiger partial charge in [-0.15, -0.1) is 10.2 Å². The van der Waals surface area contributed by atoms with Crippen molar-refractivity contribution in [1.29, 1.82) is 0 Å². The molecule has 1 N–H and O–H groups in total. The summed E-state index contributed by atoms with van der Waals surface area (Å²) >= 11 is 1.01. The zero-order valence-electron chi connectivity index (χ0n) is 19.1. The summed E-state index contributed by atoms with van der Waals surface area (Å²) in [7, 11) is -0.950. The van der Waals surface area contributed by atoms with Gasteiger partial charge in [-0.1, -0.05) is 36.0 Å². The molecule has 0 radical (unpaired) electrons. The average Bonchev–Trinajstić information content (AvgIpc) is 3.48. The van der Waals surface area contributed by atoms with Crippen molar-refractivity contribution in [3.05, 3.63) is 66.4 Å². The number of ether oxygens (including phenoxy) is 2. The van der Waals surface area contributed by atoms with Crippen molar-refractivity contribution in [3.63, 3.8) is 0 Å². The van der Waals surface area contributed by atoms with Gasteiger partial charge in [0.05, 0.1) is 24.9 Å². The highest BCUT2D eigenvalue weighted by atomic mass is 32.2. The van der Waals surface area contributed by atoms with Gasteiger partial charge >= 0.3 is 0 Å². The number of hydrogen-bond donors (Lipinski definition) is 1. The van der Waals surface area contributed by atoms with Crippen molar-refractivity contribution in [2.75, 3.05) is 20.0 Å². The van der Waals surface area contributed by atoms with E-state index in [0.29, 0.717) is 39.7 Å². The number of furan rings is 1. The molecule has 0 aliphatic carbocycles. The summed E-state index contributed by atoms with van der Waals surface area (Å²) in [6, 6.07) is 16.5. The number of amides is 1. The number of sulfonamides is 1. The van der Waals surface area contributed by atoms with Crippen LogP contribution in [-0.4, -0.2) is 49.1 Å². The first-order valence-electron chi connectivity index (χ1n) is 10.3. The van der Waals surface area contributed by atoms with Crippen LogP contribution in [0, 0.1) is 6.92 Å². The fraction of sp³-hybridized carbons (Fsp3) is 0.174. The Bertz CT molecular complexity index is 1430. The van der Waals surface area contributed by atoms with Gasteiger partial charge in [-0.05, 0) is 43.3 Å². The number of para-hydroxylation sites is 1. The lowest BCUT2D eigenvalue weighted by Gasteiger charge is -2.16. The van der Waals surface area contributed by atoms with Gasteiger partial charge in [0.25, 0.3) is 10.0 Å². The number of hydrogen-bond acceptors (Lipinski definition) is 9. The van der Waals surface area contributed by atoms with Crippen LogP contribution in [0.15, 0.2) is 75.1 Å². The summed E-state index contributed by atoms with van der Waals surface area (Å²) in [4.78, 5) is 12.5. The maximum atomic E-state index is 12.5. The summed E-state index contributed by atoms with van der Waals surface area (Å²) in [6.45, 7) is 1.81. The number of nitrogens with one attached hydrogen (secondary N) is 1. The molecular weight excluding hydrogens is 492 g/mol. The first kappa shape index (κ1) is 24.4. The van der Waals surface area contributed by atoms with Crippen molar-refractivity contribution in [1.82, 2.24) is 19.5 Å². The second-order valence-corrected chi connectivity index (χ2v) is 9.82. The van der Waals surface area contributed by atoms with E-state index in [2.05, 4.69) is 14.9 Å². The number of thioether (sulfide) groups is 1. The first-order valence-corrected chi connectivity index (χ1v) is 12.8. The Balaban J connectivity index is 1.68. The number of aromatic nitrogens is 3. The molecule has 0 unspecified atom stereocenters. The fourth-order valence-corrected chi connectivity index (χ4v) is 5.13. The van der Waals surface area contributed by atoms with Crippen LogP contribution in [0.3, 0.4) is 0 Å². The van der Waals surface area contributed by atoms with Crippen LogP contribution in [-0.2, 0) is 14.8 Å². The van der Waals surface area contributed by atoms with Gasteiger partial charge in [0.1, 0.15) is 22.9 Å². The molecule has 182 valence electrons. The van der Waals surface area contributed by atoms with E-state index in [1.807, 2.05) is 0 Å². The molecular formula is C23H22N4O6S2. The minimum absolute atomic E-state index is 0.00393. The summed E-state index contributed by atoms with van der Waals surface area (Å²) in [5.41, 5.74) is 0.506. The minimum atomic E-state index is -3.99. The molecule has 0 bridgehead atoms. The van der Waals surface area contributed by atoms with Crippen LogP contribution < -0.4 is 14.2 Å². The molecule has 2 aromatic heterocycles. The highest BCUT2D eigenvalue weighted by molar-refractivity contribution is 8.00. The Kier molecular flexibility index (Phi) is 7.12. The Hall–Kier alpha value is -3.77. The molecule has 35 heavy (non-hydrogen) atoms. The predicted octanol–water partition coefficient (Wildman–Crippen LogP) is 3.45. The number of carbonyl (C=O) groups is 1. The topological polar surface area (TPSA) is 126 Å². The summed E-state index contributed by atoms with van der Waals surface area (Å²) < 4.78 is 45.5. The number of methoxy groups -OCH3 is 2. The van der Waals surface area contributed by atoms with E-state index in [-0.39, 0.29) is 10.6 Å². The van der Waals surface area contributed by atoms with Crippen LogP contribution in [0.5, 0.6) is 11.5 Å². The van der Waals surface area contributed by atoms with E-state index in [1.54, 1.807) is 60.0 Å². The largest absolute Gasteiger partial charge is 0.494 e. The normalized spacial score (nSPS) is 11.3. The smallest absolute Gasteiger partial charge is 0.264 e. The quantitative estimate of drug-likeness (QED) is 0.334. The van der Waals surface area contributed by atoms with Crippen molar-refractivity contribution in [3.8, 4) is 28.8 Å². The van der Waals surface area contributed by atoms with E-state index >= 15 is 0 Å². The third-order valence-electron chi connectivity index (χ3n) is 4.85. The van der Waals surface area contributed by atoms with E-state index in [9.17, 15) is 13.2 Å². The minimum Gasteiger partial charge on any atom is -0.494 e. The Labute approximate surface area is 206 Å². The van der Waals surface area contributed by atoms with Crippen molar-refractivity contribution < 1.29 is 27.1 Å². The summed E-state index contributed by atoms with van der Waals surface area (Å²) in [6.07, 6.45) is 0. The van der Waals surface area contributed by atoms with Gasteiger partial charge in [-0.3, -0.25) is 9.36 Å². The van der Waals surface area contributed by atoms with E-state index in [4.69, 9.17) is 13.9 Å². The highest BCUT2D eigenvalue weighted by Crippen LogP contribution is 2.38. The maximum Gasteiger partial charge on any atom is 0.264 e. The van der Waals surface area contributed by atoms with Crippen molar-refractivity contribution >= 4 is 27.7 Å². The average molecular weight is 515 g/mol. The Morgan fingerprint density at radius 2 is 1.69 bits per heavy atom. The number of rotatable bonds is 9. The molecule has 2 heterocycles. The lowest BCUT2D eigenvalue weighted by Crippen LogP contribution is -2.32. The first-order chi connectivity index (χ1) is 16.8. The third kappa shape index (κ3) is 5.17. The van der Waals surface area contributed by atoms with Crippen LogP contribution in [0.4, 0.5) is 0 Å². The zero-order valence-corrected chi connectivity index (χ0v) is 20.7. The SMILES string of the molecule is COc1cccc(OC)c1-n1c(SCC(=O)NS(=O)(=O)c2ccccc2)nnc1-c1ccc(C)o1. The van der Waals surface area contributed by atoms with E-state index in [0.717, 1.165) is 11.8 Å². The molecule has 0 aliphatic heterocycles. The molecule has 0 saturated carbocycles. The molecule has 0 atom stereocenters. The fourth-order valence-electron chi connectivity index (χ4n) is 3.30. The maximum absolute atomic E-state index is 12.5. The molecule has 12 heteroatoms.